The van der Waals surface area contributed by atoms with Gasteiger partial charge < -0.3 is 40.4 Å². The molecule has 2 aromatic rings. The number of carbonyl (C=O) groups excluding carboxylic acids is 4. The molecule has 45 heavy (non-hydrogen) atoms. The molecular weight excluding hydrogens is 606 g/mol. The first kappa shape index (κ1) is 33.0. The van der Waals surface area contributed by atoms with Gasteiger partial charge in [0, 0.05) is 48.4 Å². The standard InChI is InChI=1S/C32H37NO11S/c1-4-5-9-21(35)45-13-20(34)32(41)11-16-24(19(12-32)44-22-10-17(33)27(36)14(2)43-22)31(40)26-25(29(16)38)28(37)15-7-6-8-18(42-3)23(15)30(26)39/h6-8,14,17,19,22,27,36,38,40-41H,4-5,9-13,33H2,1-3H3/t14-,17-,19?,22-,27+,32?/m0/s1. The minimum Gasteiger partial charge on any atom is -0.507 e. The number of ketones is 3. The van der Waals surface area contributed by atoms with Crippen LogP contribution in [0.1, 0.15) is 95.0 Å². The van der Waals surface area contributed by atoms with Crippen LogP contribution in [0.15, 0.2) is 18.2 Å². The maximum absolute atomic E-state index is 13.8. The van der Waals surface area contributed by atoms with Crippen LogP contribution in [-0.2, 0) is 25.5 Å². The smallest absolute Gasteiger partial charge is 0.202 e. The SMILES string of the molecule is CCCCC(=O)SCC(=O)C1(O)Cc2c(O)c3c(c(O)c2C(O[C@H]2C[C@H](N)[C@H](O)[C@H](C)O2)C1)C(=O)c1c(OC)cccc1C3=O. The molecule has 1 heterocycles. The van der Waals surface area contributed by atoms with Crippen molar-refractivity contribution in [1.29, 1.82) is 0 Å². The van der Waals surface area contributed by atoms with Crippen LogP contribution in [0.3, 0.4) is 0 Å². The van der Waals surface area contributed by atoms with Gasteiger partial charge >= 0.3 is 0 Å². The van der Waals surface area contributed by atoms with E-state index in [1.165, 1.54) is 25.3 Å². The lowest BCUT2D eigenvalue weighted by Crippen LogP contribution is -2.53. The Hall–Kier alpha value is -3.33. The lowest BCUT2D eigenvalue weighted by atomic mass is 9.72. The molecule has 1 fully saturated rings. The van der Waals surface area contributed by atoms with Crippen LogP contribution in [0.2, 0.25) is 0 Å². The maximum atomic E-state index is 13.8. The molecule has 1 saturated heterocycles. The fourth-order valence-corrected chi connectivity index (χ4v) is 7.13. The molecule has 1 aliphatic heterocycles. The number of nitrogens with two attached hydrogens (primary N) is 1. The monoisotopic (exact) mass is 643 g/mol. The summed E-state index contributed by atoms with van der Waals surface area (Å²) < 4.78 is 17.3. The number of thioether (sulfide) groups is 1. The molecule has 12 nitrogen and oxygen atoms in total. The summed E-state index contributed by atoms with van der Waals surface area (Å²) in [5.74, 6) is -3.81. The van der Waals surface area contributed by atoms with Crippen molar-refractivity contribution in [2.45, 2.75) is 88.6 Å². The van der Waals surface area contributed by atoms with Gasteiger partial charge in [-0.25, -0.2) is 0 Å². The summed E-state index contributed by atoms with van der Waals surface area (Å²) in [7, 11) is 1.33. The van der Waals surface area contributed by atoms with E-state index in [-0.39, 0.29) is 51.7 Å². The number of ether oxygens (including phenoxy) is 3. The topological polar surface area (TPSA) is 203 Å². The summed E-state index contributed by atoms with van der Waals surface area (Å²) in [5.41, 5.74) is 2.60. The van der Waals surface area contributed by atoms with Gasteiger partial charge in [0.05, 0.1) is 47.9 Å². The number of fused-ring (bicyclic) bond motifs is 3. The van der Waals surface area contributed by atoms with E-state index in [1.807, 2.05) is 6.92 Å². The van der Waals surface area contributed by atoms with Crippen LogP contribution in [0.4, 0.5) is 0 Å². The van der Waals surface area contributed by atoms with Gasteiger partial charge in [-0.1, -0.05) is 37.2 Å². The van der Waals surface area contributed by atoms with Gasteiger partial charge in [0.2, 0.25) is 5.78 Å². The number of aliphatic hydroxyl groups excluding tert-OH is 1. The second-order valence-corrected chi connectivity index (χ2v) is 12.8. The molecule has 13 heteroatoms. The largest absolute Gasteiger partial charge is 0.507 e. The summed E-state index contributed by atoms with van der Waals surface area (Å²) in [6.45, 7) is 3.53. The van der Waals surface area contributed by atoms with Crippen molar-refractivity contribution in [2.24, 2.45) is 5.73 Å². The molecule has 0 spiro atoms. The molecule has 6 atom stereocenters. The van der Waals surface area contributed by atoms with Gasteiger partial charge in [-0.3, -0.25) is 19.2 Å². The van der Waals surface area contributed by atoms with Crippen LogP contribution in [0, 0.1) is 0 Å². The van der Waals surface area contributed by atoms with Gasteiger partial charge in [0.15, 0.2) is 23.0 Å². The van der Waals surface area contributed by atoms with E-state index in [4.69, 9.17) is 19.9 Å². The maximum Gasteiger partial charge on any atom is 0.202 e. The second kappa shape index (κ2) is 12.8. The Balaban J connectivity index is 1.60. The van der Waals surface area contributed by atoms with Gasteiger partial charge in [-0.05, 0) is 19.4 Å². The lowest BCUT2D eigenvalue weighted by molar-refractivity contribution is -0.247. The molecule has 242 valence electrons. The van der Waals surface area contributed by atoms with Crippen molar-refractivity contribution >= 4 is 34.2 Å². The van der Waals surface area contributed by atoms with E-state index in [0.717, 1.165) is 18.2 Å². The molecule has 3 aliphatic rings. The molecule has 0 radical (unpaired) electrons. The molecule has 2 aromatic carbocycles. The molecule has 2 aliphatic carbocycles. The van der Waals surface area contributed by atoms with Crippen molar-refractivity contribution in [1.82, 2.24) is 0 Å². The minimum atomic E-state index is -2.18. The van der Waals surface area contributed by atoms with E-state index in [2.05, 4.69) is 0 Å². The van der Waals surface area contributed by atoms with Crippen LogP contribution in [0.5, 0.6) is 17.2 Å². The average molecular weight is 644 g/mol. The van der Waals surface area contributed by atoms with Gasteiger partial charge in [-0.15, -0.1) is 0 Å². The van der Waals surface area contributed by atoms with E-state index >= 15 is 0 Å². The Morgan fingerprint density at radius 3 is 2.51 bits per heavy atom. The number of rotatable bonds is 9. The Bertz CT molecular complexity index is 1550. The molecular formula is C32H37NO11S. The molecule has 0 saturated carbocycles. The number of hydrogen-bond donors (Lipinski definition) is 5. The van der Waals surface area contributed by atoms with Crippen LogP contribution >= 0.6 is 11.8 Å². The molecule has 2 unspecified atom stereocenters. The Morgan fingerprint density at radius 1 is 1.13 bits per heavy atom. The molecule has 0 aromatic heterocycles. The normalized spacial score (nSPS) is 27.4. The third-order valence-electron chi connectivity index (χ3n) is 8.76. The number of aliphatic hydroxyl groups is 2. The van der Waals surface area contributed by atoms with Gasteiger partial charge in [0.1, 0.15) is 22.8 Å². The first-order chi connectivity index (χ1) is 21.3. The highest BCUT2D eigenvalue weighted by atomic mass is 32.2. The van der Waals surface area contributed by atoms with E-state index in [9.17, 15) is 39.6 Å². The predicted octanol–water partition coefficient (Wildman–Crippen LogP) is 2.46. The molecule has 6 N–H and O–H groups in total. The Labute approximate surface area is 263 Å². The number of unbranched alkanes of at least 4 members (excludes halogenated alkanes) is 1. The third-order valence-corrected chi connectivity index (χ3v) is 9.69. The third kappa shape index (κ3) is 5.88. The first-order valence-corrected chi connectivity index (χ1v) is 15.8. The summed E-state index contributed by atoms with van der Waals surface area (Å²) in [6, 6.07) is 3.67. The quantitative estimate of drug-likeness (QED) is 0.213. The van der Waals surface area contributed by atoms with Crippen molar-refractivity contribution in [3.8, 4) is 17.2 Å². The number of Topliss-reactive ketones (excluding diaryl/α,β-unsaturated/α-hetero) is 1. The fourth-order valence-electron chi connectivity index (χ4n) is 6.28. The van der Waals surface area contributed by atoms with Crippen molar-refractivity contribution in [2.75, 3.05) is 12.9 Å². The Morgan fingerprint density at radius 2 is 1.84 bits per heavy atom. The number of benzene rings is 2. The zero-order chi connectivity index (χ0) is 32.8. The summed E-state index contributed by atoms with van der Waals surface area (Å²) in [4.78, 5) is 53.3. The highest BCUT2D eigenvalue weighted by Gasteiger charge is 2.50. The first-order valence-electron chi connectivity index (χ1n) is 14.9. The van der Waals surface area contributed by atoms with Crippen molar-refractivity contribution in [3.05, 3.63) is 51.6 Å². The summed E-state index contributed by atoms with van der Waals surface area (Å²) in [6.07, 6.45) is -3.31. The summed E-state index contributed by atoms with van der Waals surface area (Å²) in [5, 5.41) is 45.1. The van der Waals surface area contributed by atoms with Crippen molar-refractivity contribution in [3.63, 3.8) is 0 Å². The van der Waals surface area contributed by atoms with E-state index in [1.54, 1.807) is 6.92 Å². The predicted molar refractivity (Wildman–Crippen MR) is 162 cm³/mol. The second-order valence-electron chi connectivity index (χ2n) is 11.8. The molecule has 5 rings (SSSR count). The van der Waals surface area contributed by atoms with Crippen LogP contribution in [-0.4, -0.2) is 85.9 Å². The van der Waals surface area contributed by atoms with E-state index in [0.29, 0.717) is 6.42 Å². The van der Waals surface area contributed by atoms with Crippen LogP contribution < -0.4 is 10.5 Å². The highest BCUT2D eigenvalue weighted by molar-refractivity contribution is 8.14. The average Bonchev–Trinajstić information content (AvgIpc) is 3.01. The molecule has 0 amide bonds. The minimum absolute atomic E-state index is 0.0190. The van der Waals surface area contributed by atoms with Gasteiger partial charge in [-0.2, -0.15) is 0 Å². The zero-order valence-electron chi connectivity index (χ0n) is 25.2. The fraction of sp³-hybridized carbons (Fsp3) is 0.500. The lowest BCUT2D eigenvalue weighted by Gasteiger charge is -2.42. The highest BCUT2D eigenvalue weighted by Crippen LogP contribution is 2.52. The van der Waals surface area contributed by atoms with E-state index < -0.39 is 89.1 Å². The van der Waals surface area contributed by atoms with Gasteiger partial charge in [0.25, 0.3) is 0 Å². The number of methoxy groups -OCH3 is 1. The number of phenolic OH excluding ortho intramolecular Hbond substituents is 2. The van der Waals surface area contributed by atoms with Crippen molar-refractivity contribution < 1.29 is 53.8 Å². The number of carbonyl (C=O) groups is 4. The summed E-state index contributed by atoms with van der Waals surface area (Å²) >= 11 is 0.782. The number of hydrogen-bond acceptors (Lipinski definition) is 13. The zero-order valence-corrected chi connectivity index (χ0v) is 26.0. The number of phenols is 2. The molecule has 0 bridgehead atoms. The Kier molecular flexibility index (Phi) is 9.41. The number of aromatic hydroxyl groups is 2. The van der Waals surface area contributed by atoms with Crippen LogP contribution in [0.25, 0.3) is 0 Å².